The number of thiocarbonyl (C=S) groups is 1. The summed E-state index contributed by atoms with van der Waals surface area (Å²) in [7, 11) is 0. The highest BCUT2D eigenvalue weighted by atomic mass is 35.5. The van der Waals surface area contributed by atoms with E-state index in [9.17, 15) is 4.79 Å². The topological polar surface area (TPSA) is 46.3 Å². The van der Waals surface area contributed by atoms with Gasteiger partial charge in [-0.25, -0.2) is 0 Å². The number of likely N-dealkylation sites (tertiary alicyclic amines) is 1. The van der Waals surface area contributed by atoms with Gasteiger partial charge in [0, 0.05) is 29.6 Å². The Bertz CT molecular complexity index is 518. The monoisotopic (exact) mass is 296 g/mol. The number of rotatable bonds is 2. The molecule has 0 bridgehead atoms. The fourth-order valence-electron chi connectivity index (χ4n) is 2.43. The molecule has 19 heavy (non-hydrogen) atoms. The largest absolute Gasteiger partial charge is 0.393 e. The quantitative estimate of drug-likeness (QED) is 0.854. The molecular weight excluding hydrogens is 280 g/mol. The highest BCUT2D eigenvalue weighted by molar-refractivity contribution is 7.80. The van der Waals surface area contributed by atoms with Crippen LogP contribution in [0.2, 0.25) is 5.02 Å². The molecular formula is C14H17ClN2OS. The van der Waals surface area contributed by atoms with Crippen molar-refractivity contribution in [2.24, 2.45) is 11.7 Å². The minimum Gasteiger partial charge on any atom is -0.393 e. The molecule has 0 radical (unpaired) electrons. The maximum Gasteiger partial charge on any atom is 0.254 e. The number of nitrogens with zero attached hydrogens (tertiary/aromatic N) is 1. The molecule has 0 saturated carbocycles. The van der Waals surface area contributed by atoms with Crippen LogP contribution in [0.15, 0.2) is 18.2 Å². The Balaban J connectivity index is 2.17. The van der Waals surface area contributed by atoms with Gasteiger partial charge in [0.2, 0.25) is 0 Å². The second-order valence-electron chi connectivity index (χ2n) is 4.95. The smallest absolute Gasteiger partial charge is 0.254 e. The van der Waals surface area contributed by atoms with Crippen molar-refractivity contribution in [2.75, 3.05) is 13.1 Å². The summed E-state index contributed by atoms with van der Waals surface area (Å²) >= 11 is 11.0. The molecule has 5 heteroatoms. The lowest BCUT2D eigenvalue weighted by atomic mass is 9.97. The Labute approximate surface area is 123 Å². The number of halogens is 1. The summed E-state index contributed by atoms with van der Waals surface area (Å²) in [6, 6.07) is 5.34. The van der Waals surface area contributed by atoms with Crippen LogP contribution in [-0.4, -0.2) is 28.9 Å². The predicted octanol–water partition coefficient (Wildman–Crippen LogP) is 2.79. The normalized spacial score (nSPS) is 19.3. The van der Waals surface area contributed by atoms with Crippen molar-refractivity contribution < 1.29 is 4.79 Å². The maximum atomic E-state index is 12.5. The highest BCUT2D eigenvalue weighted by Gasteiger charge is 2.26. The first-order valence-electron chi connectivity index (χ1n) is 6.34. The Morgan fingerprint density at radius 3 is 2.89 bits per heavy atom. The van der Waals surface area contributed by atoms with E-state index in [2.05, 4.69) is 0 Å². The van der Waals surface area contributed by atoms with Crippen LogP contribution in [0, 0.1) is 12.8 Å². The van der Waals surface area contributed by atoms with Gasteiger partial charge in [0.1, 0.15) is 0 Å². The fourth-order valence-corrected chi connectivity index (χ4v) is 2.85. The molecule has 1 fully saturated rings. The number of aryl methyl sites for hydroxylation is 1. The van der Waals surface area contributed by atoms with Crippen LogP contribution in [0.4, 0.5) is 0 Å². The van der Waals surface area contributed by atoms with E-state index in [1.54, 1.807) is 12.1 Å². The number of nitrogens with two attached hydrogens (primary N) is 1. The van der Waals surface area contributed by atoms with Crippen molar-refractivity contribution >= 4 is 34.7 Å². The summed E-state index contributed by atoms with van der Waals surface area (Å²) in [6.45, 7) is 3.28. The maximum absolute atomic E-state index is 12.5. The van der Waals surface area contributed by atoms with Crippen LogP contribution in [0.25, 0.3) is 0 Å². The average molecular weight is 297 g/mol. The van der Waals surface area contributed by atoms with Crippen LogP contribution >= 0.6 is 23.8 Å². The lowest BCUT2D eigenvalue weighted by Crippen LogP contribution is -2.43. The van der Waals surface area contributed by atoms with E-state index in [0.717, 1.165) is 24.9 Å². The molecule has 1 amide bonds. The standard InChI is InChI=1S/C14H17ClN2OS/c1-9-7-11(15)4-5-12(9)14(18)17-6-2-3-10(8-17)13(16)19/h4-5,7,10H,2-3,6,8H2,1H3,(H2,16,19). The molecule has 1 aromatic carbocycles. The van der Waals surface area contributed by atoms with Crippen molar-refractivity contribution in [2.45, 2.75) is 19.8 Å². The van der Waals surface area contributed by atoms with E-state index < -0.39 is 0 Å². The zero-order valence-electron chi connectivity index (χ0n) is 10.9. The Kier molecular flexibility index (Phi) is 4.42. The third kappa shape index (κ3) is 3.25. The summed E-state index contributed by atoms with van der Waals surface area (Å²) in [4.78, 5) is 14.8. The molecule has 0 aliphatic carbocycles. The molecule has 1 aromatic rings. The molecule has 1 atom stereocenters. The number of carbonyl (C=O) groups is 1. The van der Waals surface area contributed by atoms with Crippen molar-refractivity contribution in [1.82, 2.24) is 4.90 Å². The van der Waals surface area contributed by atoms with Crippen LogP contribution in [-0.2, 0) is 0 Å². The summed E-state index contributed by atoms with van der Waals surface area (Å²) < 4.78 is 0. The number of hydrogen-bond donors (Lipinski definition) is 1. The van der Waals surface area contributed by atoms with Gasteiger partial charge in [-0.1, -0.05) is 23.8 Å². The zero-order chi connectivity index (χ0) is 14.0. The van der Waals surface area contributed by atoms with Gasteiger partial charge in [-0.15, -0.1) is 0 Å². The van der Waals surface area contributed by atoms with E-state index in [0.29, 0.717) is 22.1 Å². The summed E-state index contributed by atoms with van der Waals surface area (Å²) in [5.74, 6) is 0.176. The molecule has 102 valence electrons. The molecule has 1 heterocycles. The third-order valence-corrected chi connectivity index (χ3v) is 4.10. The van der Waals surface area contributed by atoms with Crippen LogP contribution in [0.1, 0.15) is 28.8 Å². The lowest BCUT2D eigenvalue weighted by Gasteiger charge is -2.32. The van der Waals surface area contributed by atoms with Gasteiger partial charge in [-0.3, -0.25) is 4.79 Å². The second-order valence-corrected chi connectivity index (χ2v) is 5.86. The summed E-state index contributed by atoms with van der Waals surface area (Å²) in [6.07, 6.45) is 1.92. The van der Waals surface area contributed by atoms with Crippen LogP contribution < -0.4 is 5.73 Å². The third-order valence-electron chi connectivity index (χ3n) is 3.53. The molecule has 1 saturated heterocycles. The van der Waals surface area contributed by atoms with E-state index >= 15 is 0 Å². The van der Waals surface area contributed by atoms with Crippen LogP contribution in [0.3, 0.4) is 0 Å². The van der Waals surface area contributed by atoms with Gasteiger partial charge >= 0.3 is 0 Å². The second kappa shape index (κ2) is 5.88. The number of piperidine rings is 1. The Morgan fingerprint density at radius 2 is 2.26 bits per heavy atom. The number of carbonyl (C=O) groups excluding carboxylic acids is 1. The minimum absolute atomic E-state index is 0.0371. The minimum atomic E-state index is 0.0371. The van der Waals surface area contributed by atoms with Gasteiger partial charge in [-0.2, -0.15) is 0 Å². The molecule has 0 spiro atoms. The van der Waals surface area contributed by atoms with Gasteiger partial charge in [-0.05, 0) is 43.5 Å². The lowest BCUT2D eigenvalue weighted by molar-refractivity contribution is 0.0703. The average Bonchev–Trinajstić information content (AvgIpc) is 2.38. The molecule has 1 aliphatic rings. The molecule has 3 nitrogen and oxygen atoms in total. The van der Waals surface area contributed by atoms with Crippen LogP contribution in [0.5, 0.6) is 0 Å². The van der Waals surface area contributed by atoms with Crippen molar-refractivity contribution in [3.63, 3.8) is 0 Å². The SMILES string of the molecule is Cc1cc(Cl)ccc1C(=O)N1CCCC(C(N)=S)C1. The van der Waals surface area contributed by atoms with E-state index in [1.165, 1.54) is 0 Å². The molecule has 0 aromatic heterocycles. The van der Waals surface area contributed by atoms with Gasteiger partial charge in [0.25, 0.3) is 5.91 Å². The number of benzene rings is 1. The predicted molar refractivity (Wildman–Crippen MR) is 81.6 cm³/mol. The van der Waals surface area contributed by atoms with E-state index in [-0.39, 0.29) is 11.8 Å². The van der Waals surface area contributed by atoms with Gasteiger partial charge in [0.05, 0.1) is 4.99 Å². The van der Waals surface area contributed by atoms with Crippen molar-refractivity contribution in [3.05, 3.63) is 34.3 Å². The first-order valence-corrected chi connectivity index (χ1v) is 7.12. The van der Waals surface area contributed by atoms with Gasteiger partial charge < -0.3 is 10.6 Å². The highest BCUT2D eigenvalue weighted by Crippen LogP contribution is 2.21. The Morgan fingerprint density at radius 1 is 1.53 bits per heavy atom. The Hall–Kier alpha value is -1.13. The van der Waals surface area contributed by atoms with Crippen molar-refractivity contribution in [3.8, 4) is 0 Å². The number of hydrogen-bond acceptors (Lipinski definition) is 2. The fraction of sp³-hybridized carbons (Fsp3) is 0.429. The van der Waals surface area contributed by atoms with E-state index in [1.807, 2.05) is 17.9 Å². The van der Waals surface area contributed by atoms with E-state index in [4.69, 9.17) is 29.6 Å². The summed E-state index contributed by atoms with van der Waals surface area (Å²) in [5.41, 5.74) is 7.29. The first-order chi connectivity index (χ1) is 8.99. The molecule has 2 rings (SSSR count). The molecule has 1 aliphatic heterocycles. The van der Waals surface area contributed by atoms with Crippen molar-refractivity contribution in [1.29, 1.82) is 0 Å². The first kappa shape index (κ1) is 14.3. The molecule has 2 N–H and O–H groups in total. The molecule has 1 unspecified atom stereocenters. The number of amides is 1. The van der Waals surface area contributed by atoms with Gasteiger partial charge in [0.15, 0.2) is 0 Å². The summed E-state index contributed by atoms with van der Waals surface area (Å²) in [5, 5.41) is 0.647. The zero-order valence-corrected chi connectivity index (χ0v) is 12.4.